The summed E-state index contributed by atoms with van der Waals surface area (Å²) in [5, 5.41) is 12.2. The lowest BCUT2D eigenvalue weighted by Gasteiger charge is -2.22. The van der Waals surface area contributed by atoms with E-state index in [1.54, 1.807) is 41.3 Å². The number of rotatable bonds is 2. The van der Waals surface area contributed by atoms with Crippen molar-refractivity contribution in [3.8, 4) is 5.75 Å². The maximum absolute atomic E-state index is 12.9. The first-order valence-electron chi connectivity index (χ1n) is 8.51. The van der Waals surface area contributed by atoms with Crippen LogP contribution in [0.15, 0.2) is 42.5 Å². The van der Waals surface area contributed by atoms with Gasteiger partial charge in [-0.05, 0) is 41.8 Å². The molecular formula is C20H19N3O3. The molecule has 0 saturated carbocycles. The summed E-state index contributed by atoms with van der Waals surface area (Å²) in [5.41, 5.74) is 8.79. The number of carbonyl (C=O) groups excluding carboxylic acids is 2. The number of carbonyl (C=O) groups is 2. The molecule has 2 aromatic rings. The number of anilines is 1. The summed E-state index contributed by atoms with van der Waals surface area (Å²) in [6, 6.07) is 11.3. The highest BCUT2D eigenvalue weighted by Crippen LogP contribution is 2.29. The Morgan fingerprint density at radius 3 is 2.54 bits per heavy atom. The molecule has 2 atom stereocenters. The molecular weight excluding hydrogens is 330 g/mol. The number of nitrogens with one attached hydrogen (secondary N) is 1. The van der Waals surface area contributed by atoms with Gasteiger partial charge >= 0.3 is 0 Å². The lowest BCUT2D eigenvalue weighted by molar-refractivity contribution is -0.119. The van der Waals surface area contributed by atoms with Gasteiger partial charge in [-0.3, -0.25) is 9.59 Å². The van der Waals surface area contributed by atoms with Crippen LogP contribution in [0.1, 0.15) is 27.9 Å². The van der Waals surface area contributed by atoms with E-state index in [0.717, 1.165) is 11.1 Å². The average Bonchev–Trinajstić information content (AvgIpc) is 2.98. The molecule has 1 fully saturated rings. The van der Waals surface area contributed by atoms with E-state index in [4.69, 9.17) is 5.73 Å². The van der Waals surface area contributed by atoms with E-state index in [1.165, 1.54) is 0 Å². The molecule has 26 heavy (non-hydrogen) atoms. The highest BCUT2D eigenvalue weighted by molar-refractivity contribution is 6.10. The van der Waals surface area contributed by atoms with Crippen LogP contribution in [0.3, 0.4) is 0 Å². The van der Waals surface area contributed by atoms with Crippen molar-refractivity contribution >= 4 is 29.7 Å². The standard InChI is InChI=1S/C20H19N3O3/c21-16-9-10-23-18(16)19(25)22-17-8-5-13(11-15(17)20(23)26)2-1-12-3-6-14(24)7-4-12/h1-8,11,16,18,24H,9-10,21H2,(H,22,25)/b2-1+/t16-,18-/m0/s1. The van der Waals surface area contributed by atoms with Crippen LogP contribution in [0.5, 0.6) is 5.75 Å². The Bertz CT molecular complexity index is 905. The fourth-order valence-corrected chi connectivity index (χ4v) is 3.47. The van der Waals surface area contributed by atoms with Gasteiger partial charge in [0, 0.05) is 12.6 Å². The summed E-state index contributed by atoms with van der Waals surface area (Å²) in [5.74, 6) is -0.183. The average molecular weight is 349 g/mol. The Balaban J connectivity index is 1.65. The third-order valence-corrected chi connectivity index (χ3v) is 4.87. The van der Waals surface area contributed by atoms with E-state index >= 15 is 0 Å². The molecule has 0 unspecified atom stereocenters. The molecule has 2 aliphatic heterocycles. The van der Waals surface area contributed by atoms with Gasteiger partial charge in [-0.25, -0.2) is 0 Å². The first kappa shape index (κ1) is 16.4. The summed E-state index contributed by atoms with van der Waals surface area (Å²) in [6.45, 7) is 0.491. The van der Waals surface area contributed by atoms with Crippen LogP contribution in [0, 0.1) is 0 Å². The molecule has 4 N–H and O–H groups in total. The molecule has 0 spiro atoms. The molecule has 0 bridgehead atoms. The van der Waals surface area contributed by atoms with Gasteiger partial charge in [0.1, 0.15) is 11.8 Å². The summed E-state index contributed by atoms with van der Waals surface area (Å²) < 4.78 is 0. The Hall–Kier alpha value is -3.12. The monoisotopic (exact) mass is 349 g/mol. The van der Waals surface area contributed by atoms with E-state index in [2.05, 4.69) is 5.32 Å². The van der Waals surface area contributed by atoms with Crippen LogP contribution >= 0.6 is 0 Å². The number of aromatic hydroxyl groups is 1. The molecule has 2 amide bonds. The number of nitrogens with zero attached hydrogens (tertiary/aromatic N) is 1. The third-order valence-electron chi connectivity index (χ3n) is 4.87. The minimum Gasteiger partial charge on any atom is -0.508 e. The van der Waals surface area contributed by atoms with Crippen molar-refractivity contribution in [3.05, 3.63) is 59.2 Å². The Morgan fingerprint density at radius 1 is 1.08 bits per heavy atom. The van der Waals surface area contributed by atoms with Gasteiger partial charge in [-0.2, -0.15) is 0 Å². The molecule has 0 radical (unpaired) electrons. The number of phenolic OH excluding ortho intramolecular Hbond substituents is 1. The van der Waals surface area contributed by atoms with E-state index in [-0.39, 0.29) is 23.6 Å². The van der Waals surface area contributed by atoms with Crippen molar-refractivity contribution in [1.29, 1.82) is 0 Å². The second kappa shape index (κ2) is 6.31. The molecule has 0 aromatic heterocycles. The van der Waals surface area contributed by atoms with E-state index in [0.29, 0.717) is 24.2 Å². The van der Waals surface area contributed by atoms with Gasteiger partial charge < -0.3 is 21.1 Å². The number of fused-ring (bicyclic) bond motifs is 2. The van der Waals surface area contributed by atoms with Crippen molar-refractivity contribution in [1.82, 2.24) is 4.90 Å². The van der Waals surface area contributed by atoms with Crippen LogP contribution in [0.4, 0.5) is 5.69 Å². The maximum atomic E-state index is 12.9. The van der Waals surface area contributed by atoms with Gasteiger partial charge in [-0.15, -0.1) is 0 Å². The summed E-state index contributed by atoms with van der Waals surface area (Å²) >= 11 is 0. The molecule has 6 nitrogen and oxygen atoms in total. The van der Waals surface area contributed by atoms with Crippen LogP contribution in [0.2, 0.25) is 0 Å². The van der Waals surface area contributed by atoms with Gasteiger partial charge in [0.05, 0.1) is 11.3 Å². The molecule has 2 aliphatic rings. The Kier molecular flexibility index (Phi) is 3.97. The zero-order valence-corrected chi connectivity index (χ0v) is 14.1. The van der Waals surface area contributed by atoms with Crippen molar-refractivity contribution in [3.63, 3.8) is 0 Å². The van der Waals surface area contributed by atoms with Gasteiger partial charge in [0.25, 0.3) is 5.91 Å². The van der Waals surface area contributed by atoms with E-state index < -0.39 is 6.04 Å². The highest BCUT2D eigenvalue weighted by Gasteiger charge is 2.43. The smallest absolute Gasteiger partial charge is 0.256 e. The lowest BCUT2D eigenvalue weighted by Crippen LogP contribution is -2.48. The summed E-state index contributed by atoms with van der Waals surface area (Å²) in [4.78, 5) is 26.9. The second-order valence-electron chi connectivity index (χ2n) is 6.62. The number of amides is 2. The SMILES string of the molecule is N[C@H]1CCN2C(=O)c3cc(/C=C/c4ccc(O)cc4)ccc3NC(=O)[C@H]12. The van der Waals surface area contributed by atoms with Crippen LogP contribution in [-0.2, 0) is 4.79 Å². The molecule has 6 heteroatoms. The first-order chi connectivity index (χ1) is 12.5. The number of benzene rings is 2. The Labute approximate surface area is 150 Å². The molecule has 4 rings (SSSR count). The highest BCUT2D eigenvalue weighted by atomic mass is 16.3. The fraction of sp³-hybridized carbons (Fsp3) is 0.200. The zero-order valence-electron chi connectivity index (χ0n) is 14.1. The minimum absolute atomic E-state index is 0.170. The molecule has 0 aliphatic carbocycles. The molecule has 132 valence electrons. The van der Waals surface area contributed by atoms with E-state index in [1.807, 2.05) is 18.2 Å². The Morgan fingerprint density at radius 2 is 1.77 bits per heavy atom. The van der Waals surface area contributed by atoms with Crippen molar-refractivity contribution in [2.45, 2.75) is 18.5 Å². The predicted molar refractivity (Wildman–Crippen MR) is 99.5 cm³/mol. The molecule has 2 heterocycles. The number of hydrogen-bond acceptors (Lipinski definition) is 4. The van der Waals surface area contributed by atoms with Gasteiger partial charge in [-0.1, -0.05) is 30.4 Å². The number of hydrogen-bond donors (Lipinski definition) is 3. The quantitative estimate of drug-likeness (QED) is 0.723. The maximum Gasteiger partial charge on any atom is 0.256 e. The second-order valence-corrected chi connectivity index (χ2v) is 6.62. The normalized spacial score (nSPS) is 22.1. The van der Waals surface area contributed by atoms with Crippen LogP contribution < -0.4 is 11.1 Å². The first-order valence-corrected chi connectivity index (χ1v) is 8.51. The third kappa shape index (κ3) is 2.84. The largest absolute Gasteiger partial charge is 0.508 e. The van der Waals surface area contributed by atoms with Gasteiger partial charge in [0.2, 0.25) is 5.91 Å². The summed E-state index contributed by atoms with van der Waals surface area (Å²) in [7, 11) is 0. The lowest BCUT2D eigenvalue weighted by atomic mass is 10.1. The fourth-order valence-electron chi connectivity index (χ4n) is 3.47. The minimum atomic E-state index is -0.606. The van der Waals surface area contributed by atoms with Crippen molar-refractivity contribution in [2.24, 2.45) is 5.73 Å². The molecule has 1 saturated heterocycles. The zero-order chi connectivity index (χ0) is 18.3. The van der Waals surface area contributed by atoms with Crippen LogP contribution in [-0.4, -0.2) is 40.4 Å². The molecule has 2 aromatic carbocycles. The summed E-state index contributed by atoms with van der Waals surface area (Å²) in [6.07, 6.45) is 4.41. The van der Waals surface area contributed by atoms with Crippen molar-refractivity contribution in [2.75, 3.05) is 11.9 Å². The topological polar surface area (TPSA) is 95.7 Å². The number of nitrogens with two attached hydrogens (primary N) is 1. The number of phenols is 1. The van der Waals surface area contributed by atoms with Gasteiger partial charge in [0.15, 0.2) is 0 Å². The van der Waals surface area contributed by atoms with Crippen molar-refractivity contribution < 1.29 is 14.7 Å². The van der Waals surface area contributed by atoms with E-state index in [9.17, 15) is 14.7 Å². The van der Waals surface area contributed by atoms with Crippen LogP contribution in [0.25, 0.3) is 12.2 Å². The predicted octanol–water partition coefficient (Wildman–Crippen LogP) is 2.06.